The predicted molar refractivity (Wildman–Crippen MR) is 78.2 cm³/mol. The molecule has 0 aliphatic rings. The van der Waals surface area contributed by atoms with Crippen molar-refractivity contribution in [2.24, 2.45) is 5.92 Å². The van der Waals surface area contributed by atoms with E-state index in [1.165, 1.54) is 7.11 Å². The molecule has 1 atom stereocenters. The van der Waals surface area contributed by atoms with Crippen LogP contribution in [0.15, 0.2) is 18.3 Å². The summed E-state index contributed by atoms with van der Waals surface area (Å²) in [6.07, 6.45) is 1.39. The van der Waals surface area contributed by atoms with E-state index < -0.39 is 11.9 Å². The van der Waals surface area contributed by atoms with Gasteiger partial charge in [0.05, 0.1) is 19.1 Å². The largest absolute Gasteiger partial charge is 0.480 e. The third-order valence-electron chi connectivity index (χ3n) is 2.54. The first kappa shape index (κ1) is 16.7. The Morgan fingerprint density at radius 3 is 2.67 bits per heavy atom. The molecule has 0 aliphatic heterocycles. The molecule has 0 radical (unpaired) electrons. The van der Waals surface area contributed by atoms with Crippen molar-refractivity contribution in [3.05, 3.63) is 18.3 Å². The van der Waals surface area contributed by atoms with Crippen LogP contribution in [0.2, 0.25) is 0 Å². The highest BCUT2D eigenvalue weighted by Gasteiger charge is 2.17. The van der Waals surface area contributed by atoms with Gasteiger partial charge in [0.15, 0.2) is 0 Å². The molecule has 1 unspecified atom stereocenters. The number of aromatic nitrogens is 1. The zero-order valence-corrected chi connectivity index (χ0v) is 12.7. The van der Waals surface area contributed by atoms with E-state index in [1.807, 2.05) is 0 Å². The number of hydrogen-bond donors (Lipinski definition) is 2. The number of methoxy groups -OCH3 is 1. The highest BCUT2D eigenvalue weighted by molar-refractivity contribution is 5.90. The van der Waals surface area contributed by atoms with Crippen LogP contribution in [0.25, 0.3) is 0 Å². The fraction of sp³-hybridized carbons (Fsp3) is 0.500. The van der Waals surface area contributed by atoms with Gasteiger partial charge in [0.25, 0.3) is 0 Å². The first-order valence-electron chi connectivity index (χ1n) is 6.68. The van der Waals surface area contributed by atoms with Gasteiger partial charge in [0.1, 0.15) is 5.69 Å². The van der Waals surface area contributed by atoms with E-state index in [-0.39, 0.29) is 18.6 Å². The lowest BCUT2D eigenvalue weighted by atomic mass is 10.2. The van der Waals surface area contributed by atoms with Gasteiger partial charge in [-0.1, -0.05) is 6.92 Å². The molecule has 0 saturated carbocycles. The molecule has 7 nitrogen and oxygen atoms in total. The van der Waals surface area contributed by atoms with Crippen LogP contribution in [0.4, 0.5) is 10.5 Å². The zero-order chi connectivity index (χ0) is 15.8. The highest BCUT2D eigenvalue weighted by Crippen LogP contribution is 2.19. The van der Waals surface area contributed by atoms with E-state index in [4.69, 9.17) is 9.47 Å². The maximum atomic E-state index is 11.8. The second kappa shape index (κ2) is 8.08. The first-order valence-corrected chi connectivity index (χ1v) is 6.68. The summed E-state index contributed by atoms with van der Waals surface area (Å²) < 4.78 is 10.1. The van der Waals surface area contributed by atoms with Crippen LogP contribution in [-0.2, 0) is 9.53 Å². The highest BCUT2D eigenvalue weighted by atomic mass is 16.5. The molecule has 2 N–H and O–H groups in total. The molecular weight excluding hydrogens is 274 g/mol. The van der Waals surface area contributed by atoms with Crippen LogP contribution in [0.3, 0.4) is 0 Å². The van der Waals surface area contributed by atoms with Gasteiger partial charge in [0, 0.05) is 12.7 Å². The van der Waals surface area contributed by atoms with Crippen molar-refractivity contribution in [1.82, 2.24) is 10.3 Å². The Balaban J connectivity index is 2.45. The Kier molecular flexibility index (Phi) is 6.45. The monoisotopic (exact) mass is 295 g/mol. The van der Waals surface area contributed by atoms with E-state index in [0.717, 1.165) is 0 Å². The second-order valence-electron chi connectivity index (χ2n) is 4.78. The minimum Gasteiger partial charge on any atom is -0.480 e. The van der Waals surface area contributed by atoms with Gasteiger partial charge < -0.3 is 20.1 Å². The summed E-state index contributed by atoms with van der Waals surface area (Å²) in [6, 6.07) is 2.91. The Hall–Kier alpha value is -2.31. The predicted octanol–water partition coefficient (Wildman–Crippen LogP) is 1.80. The molecule has 1 aromatic heterocycles. The topological polar surface area (TPSA) is 89.5 Å². The molecule has 0 spiro atoms. The molecule has 116 valence electrons. The molecule has 0 bridgehead atoms. The van der Waals surface area contributed by atoms with Crippen LogP contribution in [0.5, 0.6) is 5.88 Å². The zero-order valence-electron chi connectivity index (χ0n) is 12.7. The maximum Gasteiger partial charge on any atom is 0.319 e. The third-order valence-corrected chi connectivity index (χ3v) is 2.54. The van der Waals surface area contributed by atoms with Crippen molar-refractivity contribution in [3.8, 4) is 5.88 Å². The molecule has 2 amide bonds. The summed E-state index contributed by atoms with van der Waals surface area (Å²) in [7, 11) is 1.47. The molecule has 0 aromatic carbocycles. The summed E-state index contributed by atoms with van der Waals surface area (Å²) in [6.45, 7) is 5.43. The Labute approximate surface area is 124 Å². The van der Waals surface area contributed by atoms with Crippen molar-refractivity contribution in [1.29, 1.82) is 0 Å². The van der Waals surface area contributed by atoms with E-state index >= 15 is 0 Å². The van der Waals surface area contributed by atoms with Crippen LogP contribution in [0, 0.1) is 5.92 Å². The van der Waals surface area contributed by atoms with E-state index in [0.29, 0.717) is 11.6 Å². The van der Waals surface area contributed by atoms with Gasteiger partial charge in [0.2, 0.25) is 5.88 Å². The number of esters is 1. The number of carbonyl (C=O) groups is 2. The van der Waals surface area contributed by atoms with Crippen LogP contribution in [-0.4, -0.2) is 36.7 Å². The number of nitrogens with one attached hydrogen (secondary N) is 2. The molecule has 0 fully saturated rings. The van der Waals surface area contributed by atoms with Gasteiger partial charge in [-0.2, -0.15) is 0 Å². The minimum absolute atomic E-state index is 0.173. The second-order valence-corrected chi connectivity index (χ2v) is 4.78. The normalized spacial score (nSPS) is 11.7. The van der Waals surface area contributed by atoms with Gasteiger partial charge in [-0.05, 0) is 26.0 Å². The van der Waals surface area contributed by atoms with E-state index in [1.54, 1.807) is 39.1 Å². The summed E-state index contributed by atoms with van der Waals surface area (Å²) in [5.41, 5.74) is 0.454. The fourth-order valence-electron chi connectivity index (χ4n) is 1.49. The number of rotatable bonds is 6. The molecule has 1 rings (SSSR count). The molecule has 21 heavy (non-hydrogen) atoms. The molecule has 7 heteroatoms. The van der Waals surface area contributed by atoms with Gasteiger partial charge in [-0.3, -0.25) is 4.79 Å². The van der Waals surface area contributed by atoms with E-state index in [2.05, 4.69) is 15.6 Å². The summed E-state index contributed by atoms with van der Waals surface area (Å²) >= 11 is 0. The SMILES string of the molecule is COc1ncccc1NC(=O)NCC(C)C(=O)OC(C)C. The lowest BCUT2D eigenvalue weighted by molar-refractivity contribution is -0.151. The smallest absolute Gasteiger partial charge is 0.319 e. The van der Waals surface area contributed by atoms with Gasteiger partial charge in [-0.25, -0.2) is 9.78 Å². The van der Waals surface area contributed by atoms with Crippen molar-refractivity contribution in [2.45, 2.75) is 26.9 Å². The number of anilines is 1. The average molecular weight is 295 g/mol. The lowest BCUT2D eigenvalue weighted by Gasteiger charge is -2.15. The molecule has 1 heterocycles. The number of hydrogen-bond acceptors (Lipinski definition) is 5. The maximum absolute atomic E-state index is 11.8. The fourth-order valence-corrected chi connectivity index (χ4v) is 1.49. The lowest BCUT2D eigenvalue weighted by Crippen LogP contribution is -2.35. The van der Waals surface area contributed by atoms with Gasteiger partial charge in [-0.15, -0.1) is 0 Å². The number of nitrogens with zero attached hydrogens (tertiary/aromatic N) is 1. The quantitative estimate of drug-likeness (QED) is 0.781. The van der Waals surface area contributed by atoms with Crippen LogP contribution >= 0.6 is 0 Å². The van der Waals surface area contributed by atoms with Crippen molar-refractivity contribution >= 4 is 17.7 Å². The summed E-state index contributed by atoms with van der Waals surface area (Å²) in [5, 5.41) is 5.21. The van der Waals surface area contributed by atoms with Crippen LogP contribution in [0.1, 0.15) is 20.8 Å². The summed E-state index contributed by atoms with van der Waals surface area (Å²) in [5.74, 6) is -0.446. The van der Waals surface area contributed by atoms with Crippen LogP contribution < -0.4 is 15.4 Å². The number of ether oxygens (including phenoxy) is 2. The van der Waals surface area contributed by atoms with Crippen molar-refractivity contribution in [2.75, 3.05) is 19.0 Å². The summed E-state index contributed by atoms with van der Waals surface area (Å²) in [4.78, 5) is 27.3. The number of amides is 2. The Morgan fingerprint density at radius 1 is 1.33 bits per heavy atom. The van der Waals surface area contributed by atoms with Crippen molar-refractivity contribution < 1.29 is 19.1 Å². The minimum atomic E-state index is -0.439. The standard InChI is InChI=1S/C14H21N3O4/c1-9(2)21-13(18)10(3)8-16-14(19)17-11-6-5-7-15-12(11)20-4/h5-7,9-10H,8H2,1-4H3,(H2,16,17,19). The Bertz CT molecular complexity index is 491. The third kappa shape index (κ3) is 5.68. The average Bonchev–Trinajstić information content (AvgIpc) is 2.44. The number of pyridine rings is 1. The van der Waals surface area contributed by atoms with Crippen molar-refractivity contribution in [3.63, 3.8) is 0 Å². The molecule has 1 aromatic rings. The molecule has 0 aliphatic carbocycles. The van der Waals surface area contributed by atoms with Gasteiger partial charge >= 0.3 is 12.0 Å². The molecular formula is C14H21N3O4. The molecule has 0 saturated heterocycles. The Morgan fingerprint density at radius 2 is 2.05 bits per heavy atom. The number of urea groups is 1. The first-order chi connectivity index (χ1) is 9.93. The number of carbonyl (C=O) groups excluding carboxylic acids is 2. The van der Waals surface area contributed by atoms with E-state index in [9.17, 15) is 9.59 Å².